The Bertz CT molecular complexity index is 205. The van der Waals surface area contributed by atoms with Crippen LogP contribution >= 0.6 is 0 Å². The van der Waals surface area contributed by atoms with Crippen LogP contribution in [0.25, 0.3) is 0 Å². The average molecular weight is 184 g/mol. The first-order chi connectivity index (χ1) is 6.15. The zero-order chi connectivity index (χ0) is 9.53. The molecule has 0 bridgehead atoms. The summed E-state index contributed by atoms with van der Waals surface area (Å²) in [6.07, 6.45) is 5.59. The molecule has 1 heterocycles. The van der Waals surface area contributed by atoms with E-state index in [0.717, 1.165) is 25.8 Å². The minimum Gasteiger partial charge on any atom is -0.396 e. The molecule has 2 unspecified atom stereocenters. The van der Waals surface area contributed by atoms with Crippen LogP contribution in [-0.2, 0) is 0 Å². The van der Waals surface area contributed by atoms with E-state index in [-0.39, 0.29) is 17.7 Å². The average Bonchev–Trinajstić information content (AvgIpc) is 2.46. The molecule has 13 heavy (non-hydrogen) atoms. The molecule has 2 fully saturated rings. The summed E-state index contributed by atoms with van der Waals surface area (Å²) in [5.74, 6) is 0. The van der Waals surface area contributed by atoms with Gasteiger partial charge in [-0.15, -0.1) is 0 Å². The molecule has 0 amide bonds. The zero-order valence-electron chi connectivity index (χ0n) is 8.42. The van der Waals surface area contributed by atoms with Crippen LogP contribution in [0, 0.1) is 5.41 Å². The Labute approximate surface area is 79.9 Å². The third kappa shape index (κ3) is 1.07. The molecule has 2 rings (SSSR count). The van der Waals surface area contributed by atoms with Crippen LogP contribution in [-0.4, -0.2) is 35.9 Å². The lowest BCUT2D eigenvalue weighted by Gasteiger charge is -2.52. The first kappa shape index (κ1) is 9.44. The predicted octanol–water partition coefficient (Wildman–Crippen LogP) is 0.530. The van der Waals surface area contributed by atoms with E-state index < -0.39 is 0 Å². The molecule has 0 aromatic carbocycles. The van der Waals surface area contributed by atoms with Gasteiger partial charge in [-0.1, -0.05) is 0 Å². The molecule has 1 saturated carbocycles. The molecule has 0 radical (unpaired) electrons. The summed E-state index contributed by atoms with van der Waals surface area (Å²) in [6.45, 7) is 1.34. The third-order valence-electron chi connectivity index (χ3n) is 4.26. The second-order valence-corrected chi connectivity index (χ2v) is 4.74. The molecular weight excluding hydrogens is 164 g/mol. The summed E-state index contributed by atoms with van der Waals surface area (Å²) < 4.78 is 0. The topological polar surface area (TPSA) is 49.5 Å². The van der Waals surface area contributed by atoms with Crippen molar-refractivity contribution in [2.24, 2.45) is 11.1 Å². The molecule has 2 aliphatic rings. The number of fused-ring (bicyclic) bond motifs is 1. The van der Waals surface area contributed by atoms with Crippen LogP contribution in [0.5, 0.6) is 0 Å². The SMILES string of the molecule is CN1CCCC2(CO)CCCC12N. The minimum absolute atomic E-state index is 0. The van der Waals surface area contributed by atoms with Gasteiger partial charge in [-0.05, 0) is 45.7 Å². The first-order valence-corrected chi connectivity index (χ1v) is 5.26. The second kappa shape index (κ2) is 2.94. The van der Waals surface area contributed by atoms with E-state index in [1.807, 2.05) is 0 Å². The molecule has 76 valence electrons. The number of piperidine rings is 1. The van der Waals surface area contributed by atoms with Crippen LogP contribution in [0.1, 0.15) is 32.1 Å². The highest BCUT2D eigenvalue weighted by atomic mass is 16.3. The number of aliphatic hydroxyl groups excluding tert-OH is 1. The normalized spacial score (nSPS) is 46.4. The third-order valence-corrected chi connectivity index (χ3v) is 4.26. The van der Waals surface area contributed by atoms with Crippen LogP contribution in [0.2, 0.25) is 0 Å². The fraction of sp³-hybridized carbons (Fsp3) is 1.00. The molecule has 3 N–H and O–H groups in total. The lowest BCUT2D eigenvalue weighted by molar-refractivity contribution is -0.0650. The molecule has 0 aromatic heterocycles. The van der Waals surface area contributed by atoms with Crippen molar-refractivity contribution in [2.45, 2.75) is 37.8 Å². The lowest BCUT2D eigenvalue weighted by Crippen LogP contribution is -2.66. The van der Waals surface area contributed by atoms with Crippen molar-refractivity contribution in [2.75, 3.05) is 20.2 Å². The molecule has 0 aromatic rings. The van der Waals surface area contributed by atoms with Crippen LogP contribution in [0.3, 0.4) is 0 Å². The fourth-order valence-electron chi connectivity index (χ4n) is 3.26. The van der Waals surface area contributed by atoms with Gasteiger partial charge in [0.15, 0.2) is 0 Å². The van der Waals surface area contributed by atoms with E-state index in [0.29, 0.717) is 0 Å². The molecule has 2 atom stereocenters. The number of aliphatic hydroxyl groups is 1. The maximum Gasteiger partial charge on any atom is 0.0764 e. The predicted molar refractivity (Wildman–Crippen MR) is 52.2 cm³/mol. The van der Waals surface area contributed by atoms with E-state index in [2.05, 4.69) is 11.9 Å². The van der Waals surface area contributed by atoms with E-state index >= 15 is 0 Å². The summed E-state index contributed by atoms with van der Waals surface area (Å²) in [5, 5.41) is 9.53. The number of rotatable bonds is 1. The smallest absolute Gasteiger partial charge is 0.0764 e. The summed E-state index contributed by atoms with van der Waals surface area (Å²) in [6, 6.07) is 0. The van der Waals surface area contributed by atoms with Gasteiger partial charge < -0.3 is 10.8 Å². The van der Waals surface area contributed by atoms with E-state index in [4.69, 9.17) is 5.73 Å². The Morgan fingerprint density at radius 1 is 1.31 bits per heavy atom. The highest BCUT2D eigenvalue weighted by Gasteiger charge is 2.55. The first-order valence-electron chi connectivity index (χ1n) is 5.26. The maximum atomic E-state index is 9.53. The van der Waals surface area contributed by atoms with Gasteiger partial charge in [0.05, 0.1) is 12.3 Å². The summed E-state index contributed by atoms with van der Waals surface area (Å²) >= 11 is 0. The van der Waals surface area contributed by atoms with Crippen molar-refractivity contribution >= 4 is 0 Å². The van der Waals surface area contributed by atoms with Crippen molar-refractivity contribution in [3.05, 3.63) is 0 Å². The molecule has 1 saturated heterocycles. The van der Waals surface area contributed by atoms with Gasteiger partial charge in [0, 0.05) is 5.41 Å². The van der Waals surface area contributed by atoms with Gasteiger partial charge in [-0.25, -0.2) is 0 Å². The Hall–Kier alpha value is -0.120. The van der Waals surface area contributed by atoms with Crippen LogP contribution in [0.15, 0.2) is 0 Å². The molecule has 1 aliphatic carbocycles. The number of hydrogen-bond donors (Lipinski definition) is 2. The van der Waals surface area contributed by atoms with E-state index in [1.54, 1.807) is 0 Å². The van der Waals surface area contributed by atoms with Gasteiger partial charge in [0.1, 0.15) is 0 Å². The summed E-state index contributed by atoms with van der Waals surface area (Å²) in [5.41, 5.74) is 6.20. The second-order valence-electron chi connectivity index (χ2n) is 4.74. The molecular formula is C10H20N2O. The van der Waals surface area contributed by atoms with Gasteiger partial charge in [0.2, 0.25) is 0 Å². The number of nitrogens with two attached hydrogens (primary N) is 1. The zero-order valence-corrected chi connectivity index (χ0v) is 8.42. The van der Waals surface area contributed by atoms with Gasteiger partial charge in [0.25, 0.3) is 0 Å². The Balaban J connectivity index is 2.31. The van der Waals surface area contributed by atoms with Gasteiger partial charge in [-0.3, -0.25) is 4.90 Å². The van der Waals surface area contributed by atoms with Gasteiger partial charge in [-0.2, -0.15) is 0 Å². The van der Waals surface area contributed by atoms with Gasteiger partial charge >= 0.3 is 0 Å². The molecule has 0 spiro atoms. The van der Waals surface area contributed by atoms with E-state index in [1.165, 1.54) is 12.8 Å². The standard InChI is InChI=1S/C10H20N2O/c1-12-7-3-5-9(8-13)4-2-6-10(9,12)11/h13H,2-8,11H2,1H3. The van der Waals surface area contributed by atoms with Crippen molar-refractivity contribution < 1.29 is 5.11 Å². The van der Waals surface area contributed by atoms with Crippen LogP contribution in [0.4, 0.5) is 0 Å². The van der Waals surface area contributed by atoms with E-state index in [9.17, 15) is 5.11 Å². The summed E-state index contributed by atoms with van der Waals surface area (Å²) in [7, 11) is 2.09. The van der Waals surface area contributed by atoms with Crippen molar-refractivity contribution in [1.82, 2.24) is 4.90 Å². The van der Waals surface area contributed by atoms with Crippen molar-refractivity contribution in [3.63, 3.8) is 0 Å². The lowest BCUT2D eigenvalue weighted by atomic mass is 9.71. The number of nitrogens with zero attached hydrogens (tertiary/aromatic N) is 1. The Morgan fingerprint density at radius 2 is 2.00 bits per heavy atom. The quantitative estimate of drug-likeness (QED) is 0.625. The highest BCUT2D eigenvalue weighted by molar-refractivity contribution is 5.07. The molecule has 1 aliphatic heterocycles. The summed E-state index contributed by atoms with van der Waals surface area (Å²) in [4.78, 5) is 2.25. The fourth-order valence-corrected chi connectivity index (χ4v) is 3.26. The Morgan fingerprint density at radius 3 is 2.62 bits per heavy atom. The number of likely N-dealkylation sites (tertiary alicyclic amines) is 1. The molecule has 3 heteroatoms. The molecule has 3 nitrogen and oxygen atoms in total. The van der Waals surface area contributed by atoms with Crippen molar-refractivity contribution in [3.8, 4) is 0 Å². The maximum absolute atomic E-state index is 9.53. The monoisotopic (exact) mass is 184 g/mol. The van der Waals surface area contributed by atoms with Crippen molar-refractivity contribution in [1.29, 1.82) is 0 Å². The highest BCUT2D eigenvalue weighted by Crippen LogP contribution is 2.51. The number of hydrogen-bond acceptors (Lipinski definition) is 3. The van der Waals surface area contributed by atoms with Crippen LogP contribution < -0.4 is 5.73 Å². The largest absolute Gasteiger partial charge is 0.396 e. The Kier molecular flexibility index (Phi) is 2.13. The minimum atomic E-state index is -0.222.